The summed E-state index contributed by atoms with van der Waals surface area (Å²) >= 11 is 6.17. The molecule has 6 heteroatoms. The summed E-state index contributed by atoms with van der Waals surface area (Å²) < 4.78 is 0. The Hall–Kier alpha value is -1.59. The van der Waals surface area contributed by atoms with Crippen molar-refractivity contribution in [2.24, 2.45) is 5.73 Å². The van der Waals surface area contributed by atoms with Crippen LogP contribution in [0.25, 0.3) is 0 Å². The molecular formula is C16H22ClN3O2. The summed E-state index contributed by atoms with van der Waals surface area (Å²) in [5.74, 6) is -0.444. The number of carbonyl (C=O) groups is 2. The molecule has 0 spiro atoms. The van der Waals surface area contributed by atoms with Gasteiger partial charge >= 0.3 is 0 Å². The third-order valence-electron chi connectivity index (χ3n) is 4.05. The van der Waals surface area contributed by atoms with Crippen LogP contribution in [-0.2, 0) is 4.79 Å². The summed E-state index contributed by atoms with van der Waals surface area (Å²) in [5, 5.41) is 5.95. The highest BCUT2D eigenvalue weighted by Crippen LogP contribution is 2.33. The first kappa shape index (κ1) is 16.8. The van der Waals surface area contributed by atoms with Crippen molar-refractivity contribution < 1.29 is 9.59 Å². The molecule has 0 heterocycles. The van der Waals surface area contributed by atoms with Crippen LogP contribution in [0.5, 0.6) is 0 Å². The zero-order valence-corrected chi connectivity index (χ0v) is 13.9. The largest absolute Gasteiger partial charge is 0.347 e. The number of carbonyl (C=O) groups excluding carboxylic acids is 2. The Morgan fingerprint density at radius 3 is 2.50 bits per heavy atom. The summed E-state index contributed by atoms with van der Waals surface area (Å²) in [6.07, 6.45) is 2.20. The molecule has 0 radical (unpaired) electrons. The van der Waals surface area contributed by atoms with Gasteiger partial charge in [-0.25, -0.2) is 0 Å². The predicted molar refractivity (Wildman–Crippen MR) is 88.1 cm³/mol. The molecule has 1 aromatic rings. The summed E-state index contributed by atoms with van der Waals surface area (Å²) in [4.78, 5) is 24.1. The summed E-state index contributed by atoms with van der Waals surface area (Å²) in [6, 6.07) is 4.83. The number of anilines is 1. The molecular weight excluding hydrogens is 302 g/mol. The van der Waals surface area contributed by atoms with Crippen LogP contribution in [0.2, 0.25) is 5.02 Å². The Kier molecular flexibility index (Phi) is 4.49. The number of halogens is 1. The van der Waals surface area contributed by atoms with Crippen LogP contribution in [0.1, 0.15) is 50.4 Å². The zero-order valence-electron chi connectivity index (χ0n) is 13.1. The lowest BCUT2D eigenvalue weighted by Gasteiger charge is -2.24. The molecule has 4 N–H and O–H groups in total. The van der Waals surface area contributed by atoms with Crippen LogP contribution in [0.15, 0.2) is 18.2 Å². The molecule has 22 heavy (non-hydrogen) atoms. The van der Waals surface area contributed by atoms with Gasteiger partial charge in [-0.3, -0.25) is 9.59 Å². The molecule has 1 aliphatic carbocycles. The van der Waals surface area contributed by atoms with Crippen molar-refractivity contribution in [2.45, 2.75) is 51.1 Å². The second-order valence-electron chi connectivity index (χ2n) is 6.50. The highest BCUT2D eigenvalue weighted by atomic mass is 35.5. The quantitative estimate of drug-likeness (QED) is 0.779. The highest BCUT2D eigenvalue weighted by molar-refractivity contribution is 6.34. The molecule has 0 bridgehead atoms. The Morgan fingerprint density at radius 2 is 2.00 bits per heavy atom. The van der Waals surface area contributed by atoms with E-state index in [2.05, 4.69) is 10.6 Å². The molecule has 120 valence electrons. The van der Waals surface area contributed by atoms with Crippen molar-refractivity contribution in [3.63, 3.8) is 0 Å². The Bertz CT molecular complexity index is 609. The first-order valence-electron chi connectivity index (χ1n) is 7.39. The molecule has 1 saturated carbocycles. The van der Waals surface area contributed by atoms with Gasteiger partial charge in [0.1, 0.15) is 0 Å². The molecule has 0 aliphatic heterocycles. The SMILES string of the molecule is CCC(C)(C)NC(=O)c1ccc(NC(=O)C2(N)CC2)cc1Cl. The topological polar surface area (TPSA) is 84.2 Å². The first-order chi connectivity index (χ1) is 10.2. The molecule has 0 saturated heterocycles. The fourth-order valence-corrected chi connectivity index (χ4v) is 2.12. The Morgan fingerprint density at radius 1 is 1.36 bits per heavy atom. The lowest BCUT2D eigenvalue weighted by molar-refractivity contribution is -0.118. The van der Waals surface area contributed by atoms with Gasteiger partial charge < -0.3 is 16.4 Å². The highest BCUT2D eigenvalue weighted by Gasteiger charge is 2.45. The van der Waals surface area contributed by atoms with Crippen molar-refractivity contribution >= 4 is 29.1 Å². The van der Waals surface area contributed by atoms with Gasteiger partial charge in [-0.1, -0.05) is 18.5 Å². The van der Waals surface area contributed by atoms with Gasteiger partial charge in [-0.05, 0) is 51.3 Å². The number of hydrogen-bond donors (Lipinski definition) is 3. The van der Waals surface area contributed by atoms with Gasteiger partial charge in [-0.2, -0.15) is 0 Å². The van der Waals surface area contributed by atoms with Gasteiger partial charge in [0.25, 0.3) is 5.91 Å². The normalized spacial score (nSPS) is 16.0. The summed E-state index contributed by atoms with van der Waals surface area (Å²) in [5.41, 5.74) is 5.71. The van der Waals surface area contributed by atoms with Gasteiger partial charge in [0, 0.05) is 11.2 Å². The van der Waals surface area contributed by atoms with Crippen molar-refractivity contribution in [3.05, 3.63) is 28.8 Å². The molecule has 0 unspecified atom stereocenters. The maximum Gasteiger partial charge on any atom is 0.253 e. The third kappa shape index (κ3) is 3.78. The maximum absolute atomic E-state index is 12.2. The molecule has 0 atom stereocenters. The minimum atomic E-state index is -0.742. The number of amides is 2. The minimum Gasteiger partial charge on any atom is -0.347 e. The lowest BCUT2D eigenvalue weighted by Crippen LogP contribution is -2.42. The standard InChI is InChI=1S/C16H22ClN3O2/c1-4-15(2,3)20-13(21)11-6-5-10(9-12(11)17)19-14(22)16(18)7-8-16/h5-6,9H,4,7-8,18H2,1-3H3,(H,19,22)(H,20,21). The van der Waals surface area contributed by atoms with E-state index in [0.717, 1.165) is 6.42 Å². The molecule has 2 amide bonds. The Labute approximate surface area is 135 Å². The fraction of sp³-hybridized carbons (Fsp3) is 0.500. The summed E-state index contributed by atoms with van der Waals surface area (Å²) in [7, 11) is 0. The number of rotatable bonds is 5. The first-order valence-corrected chi connectivity index (χ1v) is 7.77. The van der Waals surface area contributed by atoms with Gasteiger partial charge in [-0.15, -0.1) is 0 Å². The van der Waals surface area contributed by atoms with Crippen LogP contribution in [-0.4, -0.2) is 22.9 Å². The molecule has 1 aliphatic rings. The van der Waals surface area contributed by atoms with E-state index in [1.165, 1.54) is 0 Å². The van der Waals surface area contributed by atoms with Crippen molar-refractivity contribution in [2.75, 3.05) is 5.32 Å². The third-order valence-corrected chi connectivity index (χ3v) is 4.36. The van der Waals surface area contributed by atoms with Crippen LogP contribution in [0.3, 0.4) is 0 Å². The van der Waals surface area contributed by atoms with Gasteiger partial charge in [0.15, 0.2) is 0 Å². The molecule has 1 aromatic carbocycles. The van der Waals surface area contributed by atoms with Crippen LogP contribution >= 0.6 is 11.6 Å². The summed E-state index contributed by atoms with van der Waals surface area (Å²) in [6.45, 7) is 5.90. The number of benzene rings is 1. The van der Waals surface area contributed by atoms with Crippen molar-refractivity contribution in [1.82, 2.24) is 5.32 Å². The van der Waals surface area contributed by atoms with Crippen LogP contribution < -0.4 is 16.4 Å². The monoisotopic (exact) mass is 323 g/mol. The number of nitrogens with two attached hydrogens (primary N) is 1. The van der Waals surface area contributed by atoms with E-state index >= 15 is 0 Å². The predicted octanol–water partition coefficient (Wildman–Crippen LogP) is 2.69. The smallest absolute Gasteiger partial charge is 0.253 e. The van der Waals surface area contributed by atoms with E-state index in [0.29, 0.717) is 29.1 Å². The molecule has 2 rings (SSSR count). The molecule has 5 nitrogen and oxygen atoms in total. The van der Waals surface area contributed by atoms with E-state index < -0.39 is 5.54 Å². The number of hydrogen-bond acceptors (Lipinski definition) is 3. The van der Waals surface area contributed by atoms with Crippen molar-refractivity contribution in [1.29, 1.82) is 0 Å². The zero-order chi connectivity index (χ0) is 16.5. The maximum atomic E-state index is 12.2. The van der Waals surface area contributed by atoms with E-state index in [1.54, 1.807) is 18.2 Å². The van der Waals surface area contributed by atoms with E-state index in [4.69, 9.17) is 17.3 Å². The van der Waals surface area contributed by atoms with E-state index in [9.17, 15) is 9.59 Å². The lowest BCUT2D eigenvalue weighted by atomic mass is 10.0. The van der Waals surface area contributed by atoms with E-state index in [1.807, 2.05) is 20.8 Å². The van der Waals surface area contributed by atoms with Crippen LogP contribution in [0, 0.1) is 0 Å². The average Bonchev–Trinajstić information content (AvgIpc) is 3.17. The Balaban J connectivity index is 2.09. The fourth-order valence-electron chi connectivity index (χ4n) is 1.86. The average molecular weight is 324 g/mol. The number of nitrogens with one attached hydrogen (secondary N) is 2. The van der Waals surface area contributed by atoms with Gasteiger partial charge in [0.05, 0.1) is 16.1 Å². The minimum absolute atomic E-state index is 0.215. The van der Waals surface area contributed by atoms with Crippen LogP contribution in [0.4, 0.5) is 5.69 Å². The van der Waals surface area contributed by atoms with Gasteiger partial charge in [0.2, 0.25) is 5.91 Å². The molecule has 1 fully saturated rings. The second-order valence-corrected chi connectivity index (χ2v) is 6.90. The van der Waals surface area contributed by atoms with E-state index in [-0.39, 0.29) is 17.4 Å². The molecule has 0 aromatic heterocycles. The van der Waals surface area contributed by atoms with Crippen molar-refractivity contribution in [3.8, 4) is 0 Å². The second kappa shape index (κ2) is 5.89.